The van der Waals surface area contributed by atoms with E-state index in [2.05, 4.69) is 9.88 Å². The number of aryl methyl sites for hydroxylation is 1. The smallest absolute Gasteiger partial charge is 0.222 e. The molecule has 0 spiro atoms. The summed E-state index contributed by atoms with van der Waals surface area (Å²) in [5.74, 6) is 1.24. The van der Waals surface area contributed by atoms with E-state index < -0.39 is 0 Å². The van der Waals surface area contributed by atoms with Gasteiger partial charge in [-0.15, -0.1) is 0 Å². The highest BCUT2D eigenvalue weighted by Gasteiger charge is 2.21. The zero-order valence-electron chi connectivity index (χ0n) is 9.89. The van der Waals surface area contributed by atoms with E-state index in [1.54, 1.807) is 6.20 Å². The van der Waals surface area contributed by atoms with E-state index in [4.69, 9.17) is 0 Å². The molecule has 0 radical (unpaired) electrons. The molecule has 0 N–H and O–H groups in total. The zero-order chi connectivity index (χ0) is 11.5. The summed E-state index contributed by atoms with van der Waals surface area (Å²) in [6.45, 7) is 5.26. The van der Waals surface area contributed by atoms with Crippen molar-refractivity contribution in [2.75, 3.05) is 31.1 Å². The lowest BCUT2D eigenvalue weighted by molar-refractivity contribution is -0.131. The topological polar surface area (TPSA) is 41.4 Å². The Morgan fingerprint density at radius 1 is 1.38 bits per heavy atom. The summed E-state index contributed by atoms with van der Waals surface area (Å²) in [6.07, 6.45) is 4.35. The van der Waals surface area contributed by atoms with Gasteiger partial charge < -0.3 is 14.4 Å². The number of anilines is 1. The van der Waals surface area contributed by atoms with Crippen molar-refractivity contribution in [3.05, 3.63) is 12.4 Å². The minimum atomic E-state index is 0.250. The Morgan fingerprint density at radius 2 is 2.06 bits per heavy atom. The normalized spacial score (nSPS) is 16.6. The molecule has 2 rings (SSSR count). The molecular formula is C11H18N4O. The summed E-state index contributed by atoms with van der Waals surface area (Å²) in [7, 11) is 1.99. The third-order valence-corrected chi connectivity index (χ3v) is 3.01. The standard InChI is InChI=1S/C11H18N4O/c1-3-10(16)14-6-8-15(9-7-14)11-12-4-5-13(11)2/h4-5H,3,6-9H2,1-2H3. The molecule has 16 heavy (non-hydrogen) atoms. The van der Waals surface area contributed by atoms with Crippen molar-refractivity contribution >= 4 is 11.9 Å². The number of hydrogen-bond acceptors (Lipinski definition) is 3. The number of nitrogens with zero attached hydrogens (tertiary/aromatic N) is 4. The van der Waals surface area contributed by atoms with Crippen LogP contribution >= 0.6 is 0 Å². The van der Waals surface area contributed by atoms with E-state index in [0.717, 1.165) is 32.1 Å². The van der Waals surface area contributed by atoms with Gasteiger partial charge in [0.2, 0.25) is 11.9 Å². The molecule has 0 bridgehead atoms. The van der Waals surface area contributed by atoms with Crippen molar-refractivity contribution < 1.29 is 4.79 Å². The molecule has 0 unspecified atom stereocenters. The monoisotopic (exact) mass is 222 g/mol. The Hall–Kier alpha value is -1.52. The number of aromatic nitrogens is 2. The Bertz CT molecular complexity index is 366. The number of amides is 1. The van der Waals surface area contributed by atoms with Gasteiger partial charge in [-0.25, -0.2) is 4.98 Å². The molecule has 0 atom stereocenters. The van der Waals surface area contributed by atoms with Crippen molar-refractivity contribution in [3.8, 4) is 0 Å². The fraction of sp³-hybridized carbons (Fsp3) is 0.636. The molecule has 1 aromatic rings. The van der Waals surface area contributed by atoms with Gasteiger partial charge in [0.25, 0.3) is 0 Å². The van der Waals surface area contributed by atoms with E-state index in [1.807, 2.05) is 29.6 Å². The van der Waals surface area contributed by atoms with Crippen LogP contribution in [0.4, 0.5) is 5.95 Å². The first-order chi connectivity index (χ1) is 7.72. The van der Waals surface area contributed by atoms with Crippen LogP contribution in [-0.2, 0) is 11.8 Å². The molecule has 1 aliphatic rings. The minimum Gasteiger partial charge on any atom is -0.339 e. The van der Waals surface area contributed by atoms with Crippen LogP contribution in [-0.4, -0.2) is 46.5 Å². The molecule has 1 aliphatic heterocycles. The van der Waals surface area contributed by atoms with E-state index in [0.29, 0.717) is 6.42 Å². The van der Waals surface area contributed by atoms with Crippen LogP contribution in [0.15, 0.2) is 12.4 Å². The number of hydrogen-bond donors (Lipinski definition) is 0. The first-order valence-corrected chi connectivity index (χ1v) is 5.72. The molecular weight excluding hydrogens is 204 g/mol. The number of piperazine rings is 1. The lowest BCUT2D eigenvalue weighted by atomic mass is 10.3. The molecule has 88 valence electrons. The van der Waals surface area contributed by atoms with E-state index in [9.17, 15) is 4.79 Å². The van der Waals surface area contributed by atoms with Crippen LogP contribution < -0.4 is 4.90 Å². The van der Waals surface area contributed by atoms with Crippen molar-refractivity contribution in [2.24, 2.45) is 7.05 Å². The SMILES string of the molecule is CCC(=O)N1CCN(c2nccn2C)CC1. The first-order valence-electron chi connectivity index (χ1n) is 5.72. The maximum Gasteiger partial charge on any atom is 0.222 e. The van der Waals surface area contributed by atoms with Crippen molar-refractivity contribution in [1.29, 1.82) is 0 Å². The second-order valence-corrected chi connectivity index (χ2v) is 4.06. The molecule has 1 amide bonds. The van der Waals surface area contributed by atoms with Gasteiger partial charge in [0.1, 0.15) is 0 Å². The Kier molecular flexibility index (Phi) is 3.12. The number of imidazole rings is 1. The van der Waals surface area contributed by atoms with Crippen LogP contribution in [0, 0.1) is 0 Å². The third-order valence-electron chi connectivity index (χ3n) is 3.01. The average Bonchev–Trinajstić information content (AvgIpc) is 2.75. The molecule has 1 aromatic heterocycles. The fourth-order valence-corrected chi connectivity index (χ4v) is 2.04. The molecule has 0 aromatic carbocycles. The van der Waals surface area contributed by atoms with Gasteiger partial charge in [0, 0.05) is 52.0 Å². The molecule has 5 nitrogen and oxygen atoms in total. The molecule has 0 saturated carbocycles. The van der Waals surface area contributed by atoms with Crippen molar-refractivity contribution in [3.63, 3.8) is 0 Å². The van der Waals surface area contributed by atoms with Crippen molar-refractivity contribution in [2.45, 2.75) is 13.3 Å². The summed E-state index contributed by atoms with van der Waals surface area (Å²) in [6, 6.07) is 0. The predicted molar refractivity (Wildman–Crippen MR) is 62.3 cm³/mol. The van der Waals surface area contributed by atoms with Gasteiger partial charge >= 0.3 is 0 Å². The van der Waals surface area contributed by atoms with Crippen LogP contribution in [0.3, 0.4) is 0 Å². The summed E-state index contributed by atoms with van der Waals surface area (Å²) in [4.78, 5) is 20.0. The third kappa shape index (κ3) is 2.03. The highest BCUT2D eigenvalue weighted by molar-refractivity contribution is 5.76. The minimum absolute atomic E-state index is 0.250. The van der Waals surface area contributed by atoms with Gasteiger partial charge in [0.15, 0.2) is 0 Å². The average molecular weight is 222 g/mol. The number of carbonyl (C=O) groups excluding carboxylic acids is 1. The molecule has 2 heterocycles. The predicted octanol–water partition coefficient (Wildman–Crippen LogP) is 0.479. The van der Waals surface area contributed by atoms with Gasteiger partial charge in [-0.1, -0.05) is 6.92 Å². The van der Waals surface area contributed by atoms with E-state index >= 15 is 0 Å². The lowest BCUT2D eigenvalue weighted by Gasteiger charge is -2.35. The van der Waals surface area contributed by atoms with Gasteiger partial charge in [0.05, 0.1) is 0 Å². The highest BCUT2D eigenvalue weighted by Crippen LogP contribution is 2.13. The highest BCUT2D eigenvalue weighted by atomic mass is 16.2. The summed E-state index contributed by atoms with van der Waals surface area (Å²) in [5, 5.41) is 0. The Balaban J connectivity index is 1.95. The second kappa shape index (κ2) is 4.55. The zero-order valence-corrected chi connectivity index (χ0v) is 9.89. The van der Waals surface area contributed by atoms with E-state index in [-0.39, 0.29) is 5.91 Å². The second-order valence-electron chi connectivity index (χ2n) is 4.06. The quantitative estimate of drug-likeness (QED) is 0.731. The molecule has 1 saturated heterocycles. The van der Waals surface area contributed by atoms with E-state index in [1.165, 1.54) is 0 Å². The van der Waals surface area contributed by atoms with Crippen LogP contribution in [0.1, 0.15) is 13.3 Å². The fourth-order valence-electron chi connectivity index (χ4n) is 2.04. The van der Waals surface area contributed by atoms with Gasteiger partial charge in [-0.05, 0) is 0 Å². The largest absolute Gasteiger partial charge is 0.339 e. The lowest BCUT2D eigenvalue weighted by Crippen LogP contribution is -2.49. The van der Waals surface area contributed by atoms with Gasteiger partial charge in [-0.2, -0.15) is 0 Å². The maximum atomic E-state index is 11.5. The summed E-state index contributed by atoms with van der Waals surface area (Å²) < 4.78 is 2.01. The molecule has 1 fully saturated rings. The van der Waals surface area contributed by atoms with Crippen LogP contribution in [0.2, 0.25) is 0 Å². The Labute approximate surface area is 95.7 Å². The molecule has 0 aliphatic carbocycles. The van der Waals surface area contributed by atoms with Crippen molar-refractivity contribution in [1.82, 2.24) is 14.5 Å². The van der Waals surface area contributed by atoms with Crippen LogP contribution in [0.5, 0.6) is 0 Å². The first kappa shape index (κ1) is 11.0. The van der Waals surface area contributed by atoms with Crippen LogP contribution in [0.25, 0.3) is 0 Å². The maximum absolute atomic E-state index is 11.5. The summed E-state index contributed by atoms with van der Waals surface area (Å²) >= 11 is 0. The number of carbonyl (C=O) groups is 1. The summed E-state index contributed by atoms with van der Waals surface area (Å²) in [5.41, 5.74) is 0. The Morgan fingerprint density at radius 3 is 2.56 bits per heavy atom. The molecule has 5 heteroatoms. The van der Waals surface area contributed by atoms with Gasteiger partial charge in [-0.3, -0.25) is 4.79 Å². The number of rotatable bonds is 2.